The van der Waals surface area contributed by atoms with Gasteiger partial charge in [0.1, 0.15) is 5.69 Å². The maximum Gasteiger partial charge on any atom is 0.343 e. The number of amides is 1. The molecule has 1 aliphatic rings. The number of benzene rings is 2. The first kappa shape index (κ1) is 26.4. The maximum atomic E-state index is 14.2. The van der Waals surface area contributed by atoms with Gasteiger partial charge in [0.25, 0.3) is 5.91 Å². The number of hydrazone groups is 1. The van der Waals surface area contributed by atoms with Gasteiger partial charge in [-0.05, 0) is 60.2 Å². The average Bonchev–Trinajstić information content (AvgIpc) is 3.09. The Kier molecular flexibility index (Phi) is 7.97. The molecule has 186 valence electrons. The van der Waals surface area contributed by atoms with Crippen molar-refractivity contribution in [2.45, 2.75) is 13.8 Å². The second kappa shape index (κ2) is 10.6. The zero-order valence-corrected chi connectivity index (χ0v) is 20.5. The third-order valence-electron chi connectivity index (χ3n) is 4.67. The van der Waals surface area contributed by atoms with Gasteiger partial charge in [-0.15, -0.1) is 0 Å². The Balaban J connectivity index is 2.02. The Labute approximate surface area is 209 Å². The quantitative estimate of drug-likeness (QED) is 0.113. The first-order valence-corrected chi connectivity index (χ1v) is 10.9. The Bertz CT molecular complexity index is 1250. The van der Waals surface area contributed by atoms with Crippen LogP contribution >= 0.6 is 22.6 Å². The van der Waals surface area contributed by atoms with Crippen LogP contribution in [0.4, 0.5) is 27.6 Å². The van der Waals surface area contributed by atoms with E-state index < -0.39 is 46.6 Å². The van der Waals surface area contributed by atoms with Gasteiger partial charge < -0.3 is 14.2 Å². The number of carbonyl (C=O) groups is 2. The molecule has 0 aliphatic carbocycles. The fraction of sp³-hybridized carbons (Fsp3) is 0.227. The van der Waals surface area contributed by atoms with E-state index in [1.54, 1.807) is 13.0 Å². The van der Waals surface area contributed by atoms with Crippen LogP contribution in [-0.4, -0.2) is 37.9 Å². The van der Waals surface area contributed by atoms with Crippen molar-refractivity contribution in [1.82, 2.24) is 0 Å². The molecule has 0 saturated carbocycles. The van der Waals surface area contributed by atoms with E-state index in [1.165, 1.54) is 26.2 Å². The molecule has 2 aromatic carbocycles. The highest BCUT2D eigenvalue weighted by Gasteiger charge is 2.37. The molecular formula is C22H16F5IN2O5. The molecule has 35 heavy (non-hydrogen) atoms. The van der Waals surface area contributed by atoms with Crippen molar-refractivity contribution >= 4 is 51.9 Å². The molecule has 0 N–H and O–H groups in total. The van der Waals surface area contributed by atoms with Gasteiger partial charge in [-0.25, -0.2) is 26.7 Å². The summed E-state index contributed by atoms with van der Waals surface area (Å²) in [6, 6.07) is 3.04. The number of hydrogen-bond donors (Lipinski definition) is 0. The van der Waals surface area contributed by atoms with E-state index in [9.17, 15) is 31.5 Å². The number of anilines is 1. The van der Waals surface area contributed by atoms with Gasteiger partial charge in [-0.3, -0.25) is 4.79 Å². The fourth-order valence-electron chi connectivity index (χ4n) is 3.05. The van der Waals surface area contributed by atoms with E-state index in [2.05, 4.69) is 9.84 Å². The summed E-state index contributed by atoms with van der Waals surface area (Å²) in [4.78, 5) is 24.3. The Hall–Kier alpha value is -3.23. The van der Waals surface area contributed by atoms with Crippen molar-refractivity contribution in [2.75, 3.05) is 25.3 Å². The largest absolute Gasteiger partial charge is 0.490 e. The first-order chi connectivity index (χ1) is 16.5. The van der Waals surface area contributed by atoms with Crippen LogP contribution in [0.25, 0.3) is 6.08 Å². The van der Waals surface area contributed by atoms with Crippen molar-refractivity contribution in [1.29, 1.82) is 0 Å². The number of halogens is 6. The van der Waals surface area contributed by atoms with E-state index in [0.29, 0.717) is 9.13 Å². The van der Waals surface area contributed by atoms with Crippen LogP contribution < -0.4 is 14.5 Å². The minimum absolute atomic E-state index is 0.0297. The van der Waals surface area contributed by atoms with Gasteiger partial charge in [-0.2, -0.15) is 10.1 Å². The van der Waals surface area contributed by atoms with E-state index in [4.69, 9.17) is 9.47 Å². The van der Waals surface area contributed by atoms with Crippen LogP contribution in [0, 0.1) is 32.7 Å². The van der Waals surface area contributed by atoms with Gasteiger partial charge >= 0.3 is 5.97 Å². The van der Waals surface area contributed by atoms with E-state index in [-0.39, 0.29) is 41.0 Å². The number of nitrogens with zero attached hydrogens (tertiary/aromatic N) is 2. The molecule has 0 atom stereocenters. The lowest BCUT2D eigenvalue weighted by molar-refractivity contribution is -0.143. The monoisotopic (exact) mass is 610 g/mol. The smallest absolute Gasteiger partial charge is 0.343 e. The molecule has 7 nitrogen and oxygen atoms in total. The van der Waals surface area contributed by atoms with Crippen molar-refractivity contribution in [3.8, 4) is 11.5 Å². The molecule has 0 aromatic heterocycles. The van der Waals surface area contributed by atoms with Crippen LogP contribution in [-0.2, 0) is 14.3 Å². The molecule has 1 aliphatic heterocycles. The van der Waals surface area contributed by atoms with E-state index >= 15 is 0 Å². The summed E-state index contributed by atoms with van der Waals surface area (Å²) in [6.45, 7) is 2.89. The Morgan fingerprint density at radius 3 is 2.23 bits per heavy atom. The van der Waals surface area contributed by atoms with Crippen molar-refractivity contribution in [2.24, 2.45) is 5.10 Å². The minimum atomic E-state index is -2.35. The van der Waals surface area contributed by atoms with Crippen LogP contribution in [0.3, 0.4) is 0 Å². The standard InChI is InChI=1S/C22H16F5IN2O5/c1-4-34-13-7-10(6-12(28)21(13)35-8-14(31)33-3)5-11-9(2)29-30(22(11)32)20-18(26)16(24)15(23)17(25)19(20)27/h5-7H,4,8H2,1-3H3/b11-5+. The molecule has 0 unspecified atom stereocenters. The molecule has 0 spiro atoms. The Morgan fingerprint density at radius 2 is 1.66 bits per heavy atom. The van der Waals surface area contributed by atoms with Crippen LogP contribution in [0.2, 0.25) is 0 Å². The zero-order valence-electron chi connectivity index (χ0n) is 18.3. The highest BCUT2D eigenvalue weighted by molar-refractivity contribution is 14.1. The molecule has 0 radical (unpaired) electrons. The van der Waals surface area contributed by atoms with Gasteiger partial charge in [0.2, 0.25) is 5.82 Å². The predicted octanol–water partition coefficient (Wildman–Crippen LogP) is 4.74. The second-order valence-corrected chi connectivity index (χ2v) is 8.07. The van der Waals surface area contributed by atoms with Crippen LogP contribution in [0.5, 0.6) is 11.5 Å². The van der Waals surface area contributed by atoms with E-state index in [0.717, 1.165) is 0 Å². The summed E-state index contributed by atoms with van der Waals surface area (Å²) in [5.41, 5.74) is -1.29. The molecule has 0 bridgehead atoms. The number of ether oxygens (including phenoxy) is 3. The van der Waals surface area contributed by atoms with Gasteiger partial charge in [0.05, 0.1) is 28.6 Å². The molecule has 1 heterocycles. The molecular weight excluding hydrogens is 594 g/mol. The zero-order chi connectivity index (χ0) is 26.0. The number of carbonyl (C=O) groups excluding carboxylic acids is 2. The summed E-state index contributed by atoms with van der Waals surface area (Å²) in [5.74, 6) is -12.4. The summed E-state index contributed by atoms with van der Waals surface area (Å²) < 4.78 is 85.2. The summed E-state index contributed by atoms with van der Waals surface area (Å²) in [5, 5.41) is 3.82. The normalized spacial score (nSPS) is 14.4. The third kappa shape index (κ3) is 5.09. The number of rotatable bonds is 7. The maximum absolute atomic E-state index is 14.2. The molecule has 3 rings (SSSR count). The molecule has 0 fully saturated rings. The van der Waals surface area contributed by atoms with Gasteiger partial charge in [0, 0.05) is 0 Å². The van der Waals surface area contributed by atoms with Crippen molar-refractivity contribution in [3.63, 3.8) is 0 Å². The van der Waals surface area contributed by atoms with Gasteiger partial charge in [0.15, 0.2) is 41.4 Å². The average molecular weight is 610 g/mol. The summed E-state index contributed by atoms with van der Waals surface area (Å²) >= 11 is 1.91. The first-order valence-electron chi connectivity index (χ1n) is 9.80. The fourth-order valence-corrected chi connectivity index (χ4v) is 3.83. The molecule has 13 heteroatoms. The number of methoxy groups -OCH3 is 1. The second-order valence-electron chi connectivity index (χ2n) is 6.91. The van der Waals surface area contributed by atoms with Gasteiger partial charge in [-0.1, -0.05) is 0 Å². The Morgan fingerprint density at radius 1 is 1.06 bits per heavy atom. The van der Waals surface area contributed by atoms with Crippen molar-refractivity contribution in [3.05, 3.63) is 55.9 Å². The predicted molar refractivity (Wildman–Crippen MR) is 123 cm³/mol. The lowest BCUT2D eigenvalue weighted by atomic mass is 10.1. The molecule has 0 saturated heterocycles. The molecule has 2 aromatic rings. The highest BCUT2D eigenvalue weighted by atomic mass is 127. The summed E-state index contributed by atoms with van der Waals surface area (Å²) in [7, 11) is 1.20. The van der Waals surface area contributed by atoms with Crippen LogP contribution in [0.1, 0.15) is 19.4 Å². The summed E-state index contributed by atoms with van der Waals surface area (Å²) in [6.07, 6.45) is 1.31. The van der Waals surface area contributed by atoms with Crippen LogP contribution in [0.15, 0.2) is 22.8 Å². The SMILES string of the molecule is CCOc1cc(/C=C2/C(=O)N(c3c(F)c(F)c(F)c(F)c3F)N=C2C)cc(I)c1OCC(=O)OC. The topological polar surface area (TPSA) is 77.4 Å². The van der Waals surface area contributed by atoms with E-state index in [1.807, 2.05) is 22.6 Å². The number of hydrogen-bond acceptors (Lipinski definition) is 6. The third-order valence-corrected chi connectivity index (χ3v) is 5.47. The highest BCUT2D eigenvalue weighted by Crippen LogP contribution is 2.37. The lowest BCUT2D eigenvalue weighted by Crippen LogP contribution is -2.25. The number of esters is 1. The lowest BCUT2D eigenvalue weighted by Gasteiger charge is -2.15. The minimum Gasteiger partial charge on any atom is -0.490 e. The van der Waals surface area contributed by atoms with Crippen molar-refractivity contribution < 1.29 is 45.8 Å². The molecule has 1 amide bonds.